The highest BCUT2D eigenvalue weighted by Crippen LogP contribution is 2.63. The van der Waals surface area contributed by atoms with Crippen LogP contribution in [0, 0.1) is 11.3 Å². The first-order chi connectivity index (χ1) is 19.9. The fourth-order valence-corrected chi connectivity index (χ4v) is 6.62. The normalized spacial score (nSPS) is 23.4. The topological polar surface area (TPSA) is 114 Å². The van der Waals surface area contributed by atoms with Gasteiger partial charge in [0.25, 0.3) is 0 Å². The number of carbonyl (C=O) groups is 3. The lowest BCUT2D eigenvalue weighted by molar-refractivity contribution is -0.144. The van der Waals surface area contributed by atoms with Crippen LogP contribution in [0.2, 0.25) is 0 Å². The average Bonchev–Trinajstić information content (AvgIpc) is 3.41. The van der Waals surface area contributed by atoms with Crippen LogP contribution in [0.25, 0.3) is 11.1 Å². The maximum atomic E-state index is 13.5. The fourth-order valence-electron chi connectivity index (χ4n) is 6.62. The molecule has 6 rings (SSSR count). The van der Waals surface area contributed by atoms with Crippen molar-refractivity contribution in [2.45, 2.75) is 56.9 Å². The zero-order chi connectivity index (χ0) is 28.6. The second kappa shape index (κ2) is 11.0. The fraction of sp³-hybridized carbons (Fsp3) is 0.364. The quantitative estimate of drug-likeness (QED) is 0.330. The van der Waals surface area contributed by atoms with E-state index in [1.54, 1.807) is 6.92 Å². The second-order valence-corrected chi connectivity index (χ2v) is 11.5. The number of benzene rings is 3. The van der Waals surface area contributed by atoms with E-state index in [9.17, 15) is 19.5 Å². The Morgan fingerprint density at radius 2 is 1.56 bits per heavy atom. The Kier molecular flexibility index (Phi) is 7.26. The summed E-state index contributed by atoms with van der Waals surface area (Å²) in [6.45, 7) is 2.13. The summed E-state index contributed by atoms with van der Waals surface area (Å²) in [5.74, 6) is -1.23. The molecule has 8 nitrogen and oxygen atoms in total. The van der Waals surface area contributed by atoms with Gasteiger partial charge in [-0.05, 0) is 59.9 Å². The summed E-state index contributed by atoms with van der Waals surface area (Å²) in [5.41, 5.74) is 4.68. The van der Waals surface area contributed by atoms with Crippen molar-refractivity contribution in [1.29, 1.82) is 0 Å². The molecule has 0 unspecified atom stereocenters. The van der Waals surface area contributed by atoms with Crippen molar-refractivity contribution in [3.05, 3.63) is 95.6 Å². The standard InChI is InChI=1S/C33H34N2O6/c1-20(40-18-21-9-3-2-4-10-21)29(30(36)34-23-15-22-16-33(22,17-23)31(37)38)35-32(39)41-19-28-26-13-7-5-11-24(26)25-12-6-8-14-27(25)28/h2-14,20,22-23,28-29H,15-19H2,1H3,(H,34,36)(H,35,39)(H,37,38)/t20-,22-,23+,29+,33+/m0/s1. The maximum absolute atomic E-state index is 13.5. The monoisotopic (exact) mass is 554 g/mol. The summed E-state index contributed by atoms with van der Waals surface area (Å²) < 4.78 is 11.7. The Bertz CT molecular complexity index is 1410. The Morgan fingerprint density at radius 1 is 0.927 bits per heavy atom. The number of ether oxygens (including phenoxy) is 2. The number of carboxylic acid groups (broad SMARTS) is 1. The average molecular weight is 555 g/mol. The molecular formula is C33H34N2O6. The molecule has 3 aliphatic carbocycles. The van der Waals surface area contributed by atoms with Crippen molar-refractivity contribution in [3.63, 3.8) is 0 Å². The van der Waals surface area contributed by atoms with Crippen LogP contribution >= 0.6 is 0 Å². The molecule has 0 heterocycles. The summed E-state index contributed by atoms with van der Waals surface area (Å²) in [6, 6.07) is 24.5. The first kappa shape index (κ1) is 27.0. The number of rotatable bonds is 10. The van der Waals surface area contributed by atoms with Crippen LogP contribution in [0.3, 0.4) is 0 Å². The minimum Gasteiger partial charge on any atom is -0.481 e. The molecule has 0 aromatic heterocycles. The van der Waals surface area contributed by atoms with E-state index in [2.05, 4.69) is 22.8 Å². The van der Waals surface area contributed by atoms with Crippen LogP contribution in [-0.4, -0.2) is 47.9 Å². The summed E-state index contributed by atoms with van der Waals surface area (Å²) >= 11 is 0. The van der Waals surface area contributed by atoms with E-state index in [1.807, 2.05) is 66.7 Å². The van der Waals surface area contributed by atoms with Gasteiger partial charge in [0.15, 0.2) is 0 Å². The van der Waals surface area contributed by atoms with Crippen LogP contribution in [0.1, 0.15) is 48.8 Å². The van der Waals surface area contributed by atoms with Crippen molar-refractivity contribution in [3.8, 4) is 11.1 Å². The number of hydrogen-bond donors (Lipinski definition) is 3. The molecule has 3 aromatic carbocycles. The van der Waals surface area contributed by atoms with Crippen LogP contribution < -0.4 is 10.6 Å². The first-order valence-corrected chi connectivity index (χ1v) is 14.2. The Labute approximate surface area is 239 Å². The van der Waals surface area contributed by atoms with Crippen molar-refractivity contribution < 1.29 is 29.0 Å². The minimum atomic E-state index is -1.02. The van der Waals surface area contributed by atoms with Gasteiger partial charge in [0, 0.05) is 12.0 Å². The predicted molar refractivity (Wildman–Crippen MR) is 152 cm³/mol. The second-order valence-electron chi connectivity index (χ2n) is 11.5. The lowest BCUT2D eigenvalue weighted by Gasteiger charge is -2.27. The Hall–Kier alpha value is -4.17. The smallest absolute Gasteiger partial charge is 0.407 e. The number of fused-ring (bicyclic) bond motifs is 4. The van der Waals surface area contributed by atoms with Crippen molar-refractivity contribution in [1.82, 2.24) is 10.6 Å². The van der Waals surface area contributed by atoms with E-state index in [4.69, 9.17) is 9.47 Å². The molecule has 0 spiro atoms. The third kappa shape index (κ3) is 5.32. The molecular weight excluding hydrogens is 520 g/mol. The number of amides is 2. The molecule has 3 aliphatic rings. The molecule has 3 N–H and O–H groups in total. The largest absolute Gasteiger partial charge is 0.481 e. The molecule has 0 bridgehead atoms. The Morgan fingerprint density at radius 3 is 2.20 bits per heavy atom. The van der Waals surface area contributed by atoms with Gasteiger partial charge in [0.1, 0.15) is 12.6 Å². The van der Waals surface area contributed by atoms with Crippen molar-refractivity contribution >= 4 is 18.0 Å². The van der Waals surface area contributed by atoms with Crippen LogP contribution in [0.5, 0.6) is 0 Å². The summed E-state index contributed by atoms with van der Waals surface area (Å²) in [4.78, 5) is 38.3. The minimum absolute atomic E-state index is 0.0885. The molecule has 212 valence electrons. The SMILES string of the molecule is C[C@H](OCc1ccccc1)[C@@H](NC(=O)OCC1c2ccccc2-c2ccccc21)C(=O)N[C@@H]1C[C@H]2C[C@@]2(C(=O)O)C1. The summed E-state index contributed by atoms with van der Waals surface area (Å²) in [7, 11) is 0. The molecule has 2 amide bonds. The van der Waals surface area contributed by atoms with Gasteiger partial charge < -0.3 is 25.2 Å². The first-order valence-electron chi connectivity index (χ1n) is 14.2. The van der Waals surface area contributed by atoms with Crippen LogP contribution in [0.4, 0.5) is 4.79 Å². The number of aliphatic carboxylic acids is 1. The third-order valence-corrected chi connectivity index (χ3v) is 8.91. The highest BCUT2D eigenvalue weighted by Gasteiger charge is 2.65. The number of carboxylic acids is 1. The number of hydrogen-bond acceptors (Lipinski definition) is 5. The molecule has 3 aromatic rings. The molecule has 2 saturated carbocycles. The van der Waals surface area contributed by atoms with E-state index in [0.717, 1.165) is 27.8 Å². The van der Waals surface area contributed by atoms with Crippen molar-refractivity contribution in [2.75, 3.05) is 6.61 Å². The zero-order valence-corrected chi connectivity index (χ0v) is 22.9. The van der Waals surface area contributed by atoms with Gasteiger partial charge in [-0.1, -0.05) is 78.9 Å². The molecule has 0 radical (unpaired) electrons. The van der Waals surface area contributed by atoms with Gasteiger partial charge in [-0.2, -0.15) is 0 Å². The molecule has 0 aliphatic heterocycles. The van der Waals surface area contributed by atoms with E-state index in [-0.39, 0.29) is 31.1 Å². The third-order valence-electron chi connectivity index (χ3n) is 8.91. The molecule has 41 heavy (non-hydrogen) atoms. The highest BCUT2D eigenvalue weighted by molar-refractivity contribution is 5.87. The summed E-state index contributed by atoms with van der Waals surface area (Å²) in [6.07, 6.45) is 0.302. The van der Waals surface area contributed by atoms with Gasteiger partial charge in [-0.15, -0.1) is 0 Å². The van der Waals surface area contributed by atoms with Crippen molar-refractivity contribution in [2.24, 2.45) is 11.3 Å². The number of alkyl carbamates (subject to hydrolysis) is 1. The van der Waals surface area contributed by atoms with Gasteiger partial charge in [0.2, 0.25) is 5.91 Å². The lowest BCUT2D eigenvalue weighted by atomic mass is 9.98. The van der Waals surface area contributed by atoms with Gasteiger partial charge >= 0.3 is 12.1 Å². The highest BCUT2D eigenvalue weighted by atomic mass is 16.5. The molecule has 8 heteroatoms. The van der Waals surface area contributed by atoms with Gasteiger partial charge in [-0.3, -0.25) is 9.59 Å². The van der Waals surface area contributed by atoms with Gasteiger partial charge in [-0.25, -0.2) is 4.79 Å². The molecule has 5 atom stereocenters. The van der Waals surface area contributed by atoms with E-state index in [1.165, 1.54) is 0 Å². The maximum Gasteiger partial charge on any atom is 0.407 e. The van der Waals surface area contributed by atoms with Gasteiger partial charge in [0.05, 0.1) is 18.1 Å². The number of nitrogens with one attached hydrogen (secondary N) is 2. The van der Waals surface area contributed by atoms with E-state index in [0.29, 0.717) is 19.3 Å². The number of carbonyl (C=O) groups excluding carboxylic acids is 2. The Balaban J connectivity index is 1.12. The van der Waals surface area contributed by atoms with Crippen LogP contribution in [-0.2, 0) is 25.7 Å². The van der Waals surface area contributed by atoms with E-state index < -0.39 is 35.5 Å². The molecule has 0 saturated heterocycles. The lowest BCUT2D eigenvalue weighted by Crippen LogP contribution is -2.55. The van der Waals surface area contributed by atoms with E-state index >= 15 is 0 Å². The van der Waals surface area contributed by atoms with Crippen LogP contribution in [0.15, 0.2) is 78.9 Å². The molecule has 2 fully saturated rings. The summed E-state index contributed by atoms with van der Waals surface area (Å²) in [5, 5.41) is 15.3. The predicted octanol–water partition coefficient (Wildman–Crippen LogP) is 4.87. The zero-order valence-electron chi connectivity index (χ0n) is 22.9.